The van der Waals surface area contributed by atoms with Crippen molar-refractivity contribution >= 4 is 11.3 Å². The molecule has 0 saturated carbocycles. The first-order chi connectivity index (χ1) is 17.0. The third kappa shape index (κ3) is 5.61. The number of furan rings is 1. The van der Waals surface area contributed by atoms with Gasteiger partial charge >= 0.3 is 0 Å². The van der Waals surface area contributed by atoms with E-state index in [1.807, 2.05) is 72.0 Å². The summed E-state index contributed by atoms with van der Waals surface area (Å²) in [6.07, 6.45) is 1.06. The lowest BCUT2D eigenvalue weighted by Crippen LogP contribution is -2.28. The summed E-state index contributed by atoms with van der Waals surface area (Å²) in [4.78, 5) is 5.05. The number of aliphatic hydroxyl groups is 1. The normalized spacial score (nSPS) is 11.7. The van der Waals surface area contributed by atoms with Crippen molar-refractivity contribution in [3.05, 3.63) is 105 Å². The van der Waals surface area contributed by atoms with Crippen LogP contribution in [0.5, 0.6) is 11.5 Å². The van der Waals surface area contributed by atoms with E-state index in [0.29, 0.717) is 23.4 Å². The maximum absolute atomic E-state index is 12.2. The van der Waals surface area contributed by atoms with Crippen LogP contribution in [-0.4, -0.2) is 30.8 Å². The summed E-state index contributed by atoms with van der Waals surface area (Å²) in [6, 6.07) is 23.1. The van der Waals surface area contributed by atoms with E-state index in [1.54, 1.807) is 14.2 Å². The minimum absolute atomic E-state index is 0.478. The Morgan fingerprint density at radius 3 is 1.91 bits per heavy atom. The van der Waals surface area contributed by atoms with E-state index in [0.717, 1.165) is 36.8 Å². The highest BCUT2D eigenvalue weighted by Gasteiger charge is 2.37. The van der Waals surface area contributed by atoms with Gasteiger partial charge in [0.05, 0.1) is 20.8 Å². The summed E-state index contributed by atoms with van der Waals surface area (Å²) in [5.74, 6) is 2.75. The van der Waals surface area contributed by atoms with Crippen molar-refractivity contribution in [3.8, 4) is 11.5 Å². The van der Waals surface area contributed by atoms with Gasteiger partial charge in [-0.05, 0) is 79.5 Å². The maximum atomic E-state index is 12.2. The average Bonchev–Trinajstić information content (AvgIpc) is 3.52. The van der Waals surface area contributed by atoms with Crippen molar-refractivity contribution in [2.24, 2.45) is 0 Å². The van der Waals surface area contributed by atoms with Gasteiger partial charge in [-0.25, -0.2) is 0 Å². The lowest BCUT2D eigenvalue weighted by atomic mass is 9.84. The first kappa shape index (κ1) is 25.0. The molecule has 184 valence electrons. The molecule has 2 heterocycles. The number of thiophene rings is 1. The molecule has 0 radical (unpaired) electrons. The third-order valence-electron chi connectivity index (χ3n) is 6.13. The van der Waals surface area contributed by atoms with Gasteiger partial charge in [0.2, 0.25) is 0 Å². The molecule has 4 rings (SSSR count). The van der Waals surface area contributed by atoms with E-state index in [2.05, 4.69) is 30.9 Å². The molecule has 4 aromatic rings. The molecule has 0 amide bonds. The quantitative estimate of drug-likeness (QED) is 0.264. The highest BCUT2D eigenvalue weighted by molar-refractivity contribution is 7.11. The minimum Gasteiger partial charge on any atom is -0.497 e. The topological polar surface area (TPSA) is 55.1 Å². The molecule has 2 aromatic heterocycles. The lowest BCUT2D eigenvalue weighted by Gasteiger charge is -2.28. The smallest absolute Gasteiger partial charge is 0.173 e. The minimum atomic E-state index is -1.46. The summed E-state index contributed by atoms with van der Waals surface area (Å²) >= 11 is 1.83. The van der Waals surface area contributed by atoms with Crippen LogP contribution in [0.3, 0.4) is 0 Å². The summed E-state index contributed by atoms with van der Waals surface area (Å²) in [6.45, 7) is 6.84. The van der Waals surface area contributed by atoms with Crippen LogP contribution in [0.25, 0.3) is 0 Å². The second kappa shape index (κ2) is 11.1. The molecular formula is C29H33NO4S. The molecule has 0 saturated heterocycles. The van der Waals surface area contributed by atoms with Crippen LogP contribution in [0.2, 0.25) is 0 Å². The summed E-state index contributed by atoms with van der Waals surface area (Å²) in [7, 11) is 3.26. The SMILES string of the molecule is CCCN(Cc1ccc(C(O)(c2ccc(OC)cc2)c2ccc(OC)cc2)o1)Cc1ccc(C)s1. The molecular weight excluding hydrogens is 458 g/mol. The van der Waals surface area contributed by atoms with Gasteiger partial charge in [0.1, 0.15) is 23.0 Å². The Bertz CT molecular complexity index is 1160. The molecule has 0 aliphatic rings. The van der Waals surface area contributed by atoms with E-state index in [4.69, 9.17) is 13.9 Å². The Balaban J connectivity index is 1.66. The van der Waals surface area contributed by atoms with E-state index in [1.165, 1.54) is 9.75 Å². The molecule has 1 N–H and O–H groups in total. The Morgan fingerprint density at radius 2 is 1.43 bits per heavy atom. The molecule has 0 fully saturated rings. The van der Waals surface area contributed by atoms with Crippen LogP contribution in [-0.2, 0) is 18.7 Å². The van der Waals surface area contributed by atoms with Crippen molar-refractivity contribution in [2.75, 3.05) is 20.8 Å². The number of aryl methyl sites for hydroxylation is 1. The fraction of sp³-hybridized carbons (Fsp3) is 0.310. The summed E-state index contributed by atoms with van der Waals surface area (Å²) in [5.41, 5.74) is -0.0651. The highest BCUT2D eigenvalue weighted by atomic mass is 32.1. The van der Waals surface area contributed by atoms with Crippen molar-refractivity contribution in [2.45, 2.75) is 39.0 Å². The second-order valence-corrected chi connectivity index (χ2v) is 10.0. The number of rotatable bonds is 11. The zero-order chi connectivity index (χ0) is 24.8. The van der Waals surface area contributed by atoms with E-state index >= 15 is 0 Å². The standard InChI is InChI=1S/C29H33NO4S/c1-5-18-30(20-27-16-6-21(2)35-27)19-26-15-17-28(34-26)29(31,22-7-11-24(32-3)12-8-22)23-9-13-25(33-4)14-10-23/h6-17,31H,5,18-20H2,1-4H3. The average molecular weight is 492 g/mol. The Labute approximate surface area is 211 Å². The van der Waals surface area contributed by atoms with Gasteiger partial charge in [-0.3, -0.25) is 4.90 Å². The van der Waals surface area contributed by atoms with Crippen molar-refractivity contribution in [1.82, 2.24) is 4.90 Å². The lowest BCUT2D eigenvalue weighted by molar-refractivity contribution is 0.0951. The molecule has 0 unspecified atom stereocenters. The number of methoxy groups -OCH3 is 2. The maximum Gasteiger partial charge on any atom is 0.173 e. The number of nitrogens with zero attached hydrogens (tertiary/aromatic N) is 1. The number of benzene rings is 2. The largest absolute Gasteiger partial charge is 0.497 e. The molecule has 0 atom stereocenters. The number of ether oxygens (including phenoxy) is 2. The van der Waals surface area contributed by atoms with Gasteiger partial charge in [-0.15, -0.1) is 11.3 Å². The first-order valence-corrected chi connectivity index (χ1v) is 12.7. The first-order valence-electron chi connectivity index (χ1n) is 11.8. The third-order valence-corrected chi connectivity index (χ3v) is 7.11. The molecule has 0 aliphatic heterocycles. The van der Waals surface area contributed by atoms with E-state index in [-0.39, 0.29) is 0 Å². The van der Waals surface area contributed by atoms with Crippen molar-refractivity contribution in [3.63, 3.8) is 0 Å². The molecule has 0 bridgehead atoms. The van der Waals surface area contributed by atoms with Crippen LogP contribution < -0.4 is 9.47 Å². The van der Waals surface area contributed by atoms with Gasteiger partial charge in [-0.2, -0.15) is 0 Å². The second-order valence-electron chi connectivity index (χ2n) is 8.66. The Hall–Kier alpha value is -3.06. The summed E-state index contributed by atoms with van der Waals surface area (Å²) in [5, 5.41) is 12.2. The van der Waals surface area contributed by atoms with Gasteiger partial charge in [-0.1, -0.05) is 31.2 Å². The predicted octanol–water partition coefficient (Wildman–Crippen LogP) is 6.36. The summed E-state index contributed by atoms with van der Waals surface area (Å²) < 4.78 is 17.0. The van der Waals surface area contributed by atoms with E-state index < -0.39 is 5.60 Å². The van der Waals surface area contributed by atoms with Gasteiger partial charge in [0.15, 0.2) is 5.60 Å². The zero-order valence-electron chi connectivity index (χ0n) is 20.8. The van der Waals surface area contributed by atoms with Crippen LogP contribution >= 0.6 is 11.3 Å². The molecule has 0 spiro atoms. The van der Waals surface area contributed by atoms with Crippen LogP contribution in [0.1, 0.15) is 45.7 Å². The molecule has 35 heavy (non-hydrogen) atoms. The van der Waals surface area contributed by atoms with Crippen LogP contribution in [0, 0.1) is 6.92 Å². The Kier molecular flexibility index (Phi) is 7.96. The van der Waals surface area contributed by atoms with Gasteiger partial charge < -0.3 is 19.0 Å². The number of hydrogen-bond donors (Lipinski definition) is 1. The Morgan fingerprint density at radius 1 is 0.829 bits per heavy atom. The molecule has 0 aliphatic carbocycles. The van der Waals surface area contributed by atoms with E-state index in [9.17, 15) is 5.11 Å². The van der Waals surface area contributed by atoms with Crippen LogP contribution in [0.4, 0.5) is 0 Å². The van der Waals surface area contributed by atoms with Crippen molar-refractivity contribution < 1.29 is 19.0 Å². The number of hydrogen-bond acceptors (Lipinski definition) is 6. The van der Waals surface area contributed by atoms with Crippen molar-refractivity contribution in [1.29, 1.82) is 0 Å². The van der Waals surface area contributed by atoms with Crippen LogP contribution in [0.15, 0.2) is 77.2 Å². The monoisotopic (exact) mass is 491 g/mol. The fourth-order valence-electron chi connectivity index (χ4n) is 4.31. The zero-order valence-corrected chi connectivity index (χ0v) is 21.6. The molecule has 6 heteroatoms. The van der Waals surface area contributed by atoms with Gasteiger partial charge in [0.25, 0.3) is 0 Å². The molecule has 5 nitrogen and oxygen atoms in total. The highest BCUT2D eigenvalue weighted by Crippen LogP contribution is 2.39. The fourth-order valence-corrected chi connectivity index (χ4v) is 5.25. The molecule has 2 aromatic carbocycles. The van der Waals surface area contributed by atoms with Gasteiger partial charge in [0, 0.05) is 16.3 Å². The predicted molar refractivity (Wildman–Crippen MR) is 140 cm³/mol.